The van der Waals surface area contributed by atoms with Crippen LogP contribution in [0, 0.1) is 0 Å². The summed E-state index contributed by atoms with van der Waals surface area (Å²) in [6, 6.07) is 15.2. The van der Waals surface area contributed by atoms with Gasteiger partial charge in [0.15, 0.2) is 5.16 Å². The molecule has 0 spiro atoms. The predicted molar refractivity (Wildman–Crippen MR) is 151 cm³/mol. The first-order valence-electron chi connectivity index (χ1n) is 13.3. The molecule has 1 aromatic heterocycles. The van der Waals surface area contributed by atoms with Crippen LogP contribution in [0.4, 0.5) is 5.69 Å². The minimum absolute atomic E-state index is 0.0209. The number of amides is 1. The third kappa shape index (κ3) is 5.73. The first-order chi connectivity index (χ1) is 18.4. The van der Waals surface area contributed by atoms with Crippen LogP contribution in [0.2, 0.25) is 0 Å². The highest BCUT2D eigenvalue weighted by atomic mass is 32.2. The molecule has 0 bridgehead atoms. The zero-order valence-electron chi connectivity index (χ0n) is 22.0. The lowest BCUT2D eigenvalue weighted by Crippen LogP contribution is -2.42. The fourth-order valence-corrected chi connectivity index (χ4v) is 6.06. The van der Waals surface area contributed by atoms with Crippen molar-refractivity contribution in [3.8, 4) is 11.4 Å². The van der Waals surface area contributed by atoms with Crippen molar-refractivity contribution in [3.63, 3.8) is 0 Å². The number of anilines is 1. The fourth-order valence-electron chi connectivity index (χ4n) is 4.75. The molecule has 0 saturated heterocycles. The summed E-state index contributed by atoms with van der Waals surface area (Å²) >= 11 is 1.62. The normalized spacial score (nSPS) is 15.2. The number of aromatic hydroxyl groups is 1. The quantitative estimate of drug-likeness (QED) is 0.320. The van der Waals surface area contributed by atoms with Gasteiger partial charge in [0.1, 0.15) is 5.75 Å². The van der Waals surface area contributed by atoms with Crippen LogP contribution >= 0.6 is 11.8 Å². The fraction of sp³-hybridized carbons (Fsp3) is 0.414. The second kappa shape index (κ2) is 11.6. The van der Waals surface area contributed by atoms with Gasteiger partial charge in [-0.15, -0.1) is 0 Å². The lowest BCUT2D eigenvalue weighted by Gasteiger charge is -2.30. The summed E-state index contributed by atoms with van der Waals surface area (Å²) < 4.78 is 1.54. The average molecular weight is 534 g/mol. The standard InChI is InChI=1S/C29H35N5O3S/c1-32(2)21-12-10-20(11-13-21)18-30-16-14-27(36)33-17-15-24-23(19-33)28(37)34(25-8-3-4-9-26(25)35)29(31-24)38-22-6-5-7-22/h3-4,8-13,22,30,35H,5-7,14-19H2,1-2H3. The van der Waals surface area contributed by atoms with Crippen molar-refractivity contribution in [2.45, 2.75) is 55.6 Å². The van der Waals surface area contributed by atoms with Crippen LogP contribution in [-0.2, 0) is 24.3 Å². The van der Waals surface area contributed by atoms with Gasteiger partial charge < -0.3 is 20.2 Å². The number of rotatable bonds is 9. The molecule has 0 radical (unpaired) electrons. The summed E-state index contributed by atoms with van der Waals surface area (Å²) in [5.74, 6) is 0.0607. The molecule has 1 aliphatic carbocycles. The van der Waals surface area contributed by atoms with E-state index in [4.69, 9.17) is 4.98 Å². The number of phenols is 1. The van der Waals surface area contributed by atoms with E-state index in [0.29, 0.717) is 54.1 Å². The molecule has 5 rings (SSSR count). The molecule has 0 unspecified atom stereocenters. The number of phenolic OH excluding ortho intramolecular Hbond substituents is 1. The maximum absolute atomic E-state index is 13.8. The lowest BCUT2D eigenvalue weighted by molar-refractivity contribution is -0.132. The Labute approximate surface area is 227 Å². The third-order valence-electron chi connectivity index (χ3n) is 7.30. The van der Waals surface area contributed by atoms with Crippen LogP contribution in [0.1, 0.15) is 42.5 Å². The maximum atomic E-state index is 13.8. The number of aromatic nitrogens is 2. The second-order valence-electron chi connectivity index (χ2n) is 10.2. The number of carbonyl (C=O) groups excluding carboxylic acids is 1. The van der Waals surface area contributed by atoms with E-state index < -0.39 is 0 Å². The molecule has 8 nitrogen and oxygen atoms in total. The first-order valence-corrected chi connectivity index (χ1v) is 14.1. The summed E-state index contributed by atoms with van der Waals surface area (Å²) in [5, 5.41) is 15.0. The van der Waals surface area contributed by atoms with E-state index in [1.807, 2.05) is 14.1 Å². The van der Waals surface area contributed by atoms with Gasteiger partial charge in [-0.2, -0.15) is 0 Å². The van der Waals surface area contributed by atoms with Gasteiger partial charge in [0, 0.05) is 57.5 Å². The van der Waals surface area contributed by atoms with Gasteiger partial charge in [0.25, 0.3) is 5.56 Å². The summed E-state index contributed by atoms with van der Waals surface area (Å²) in [5.41, 5.74) is 3.86. The molecule has 3 aromatic rings. The van der Waals surface area contributed by atoms with E-state index in [2.05, 4.69) is 34.5 Å². The molecule has 200 valence electrons. The Bertz CT molecular complexity index is 1350. The van der Waals surface area contributed by atoms with E-state index in [-0.39, 0.29) is 23.8 Å². The van der Waals surface area contributed by atoms with Gasteiger partial charge in [0.05, 0.1) is 23.5 Å². The van der Waals surface area contributed by atoms with Gasteiger partial charge in [-0.25, -0.2) is 4.98 Å². The number of fused-ring (bicyclic) bond motifs is 1. The van der Waals surface area contributed by atoms with E-state index >= 15 is 0 Å². The summed E-state index contributed by atoms with van der Waals surface area (Å²) in [4.78, 5) is 35.5. The number of nitrogens with zero attached hydrogens (tertiary/aromatic N) is 4. The zero-order chi connectivity index (χ0) is 26.6. The number of carbonyl (C=O) groups is 1. The van der Waals surface area contributed by atoms with Crippen molar-refractivity contribution < 1.29 is 9.90 Å². The molecular formula is C29H35N5O3S. The summed E-state index contributed by atoms with van der Waals surface area (Å²) in [6.07, 6.45) is 4.33. The van der Waals surface area contributed by atoms with Crippen molar-refractivity contribution in [2.75, 3.05) is 32.1 Å². The number of thioether (sulfide) groups is 1. The monoisotopic (exact) mass is 533 g/mol. The molecule has 1 saturated carbocycles. The Balaban J connectivity index is 1.26. The van der Waals surface area contributed by atoms with E-state index in [1.165, 1.54) is 16.6 Å². The molecule has 2 heterocycles. The molecule has 2 N–H and O–H groups in total. The van der Waals surface area contributed by atoms with Gasteiger partial charge in [0.2, 0.25) is 5.91 Å². The lowest BCUT2D eigenvalue weighted by atomic mass is 10.0. The van der Waals surface area contributed by atoms with Crippen LogP contribution in [0.25, 0.3) is 5.69 Å². The van der Waals surface area contributed by atoms with Gasteiger partial charge >= 0.3 is 0 Å². The number of para-hydroxylation sites is 2. The van der Waals surface area contributed by atoms with Crippen LogP contribution in [0.3, 0.4) is 0 Å². The van der Waals surface area contributed by atoms with Gasteiger partial charge in [-0.05, 0) is 42.7 Å². The Kier molecular flexibility index (Phi) is 8.04. The zero-order valence-corrected chi connectivity index (χ0v) is 22.8. The first kappa shape index (κ1) is 26.3. The van der Waals surface area contributed by atoms with E-state index in [1.54, 1.807) is 40.9 Å². The van der Waals surface area contributed by atoms with Crippen molar-refractivity contribution in [1.82, 2.24) is 19.8 Å². The third-order valence-corrected chi connectivity index (χ3v) is 8.59. The minimum Gasteiger partial charge on any atom is -0.506 e. The smallest absolute Gasteiger partial charge is 0.264 e. The van der Waals surface area contributed by atoms with E-state index in [0.717, 1.165) is 24.2 Å². The molecular weight excluding hydrogens is 498 g/mol. The summed E-state index contributed by atoms with van der Waals surface area (Å²) in [6.45, 7) is 2.06. The Morgan fingerprint density at radius 3 is 2.61 bits per heavy atom. The topological polar surface area (TPSA) is 90.7 Å². The van der Waals surface area contributed by atoms with Crippen molar-refractivity contribution >= 4 is 23.4 Å². The van der Waals surface area contributed by atoms with E-state index in [9.17, 15) is 14.7 Å². The largest absolute Gasteiger partial charge is 0.506 e. The summed E-state index contributed by atoms with van der Waals surface area (Å²) in [7, 11) is 4.03. The Morgan fingerprint density at radius 2 is 1.92 bits per heavy atom. The highest BCUT2D eigenvalue weighted by Crippen LogP contribution is 2.37. The average Bonchev–Trinajstić information content (AvgIpc) is 2.89. The molecule has 9 heteroatoms. The number of hydrogen-bond donors (Lipinski definition) is 2. The Hall–Kier alpha value is -3.30. The number of hydrogen-bond acceptors (Lipinski definition) is 7. The van der Waals surface area contributed by atoms with Crippen molar-refractivity contribution in [2.24, 2.45) is 0 Å². The van der Waals surface area contributed by atoms with Crippen LogP contribution in [0.15, 0.2) is 58.5 Å². The molecule has 1 amide bonds. The van der Waals surface area contributed by atoms with Crippen LogP contribution in [-0.4, -0.2) is 57.9 Å². The van der Waals surface area contributed by atoms with Gasteiger partial charge in [-0.1, -0.05) is 42.4 Å². The second-order valence-corrected chi connectivity index (χ2v) is 11.4. The van der Waals surface area contributed by atoms with Gasteiger partial charge in [-0.3, -0.25) is 14.2 Å². The number of benzene rings is 2. The molecule has 1 fully saturated rings. The predicted octanol–water partition coefficient (Wildman–Crippen LogP) is 3.71. The molecule has 2 aromatic carbocycles. The highest BCUT2D eigenvalue weighted by molar-refractivity contribution is 7.99. The molecule has 1 aliphatic heterocycles. The van der Waals surface area contributed by atoms with Crippen molar-refractivity contribution in [1.29, 1.82) is 0 Å². The maximum Gasteiger partial charge on any atom is 0.264 e. The van der Waals surface area contributed by atoms with Crippen molar-refractivity contribution in [3.05, 3.63) is 75.7 Å². The number of nitrogens with one attached hydrogen (secondary N) is 1. The molecule has 2 aliphatic rings. The molecule has 0 atom stereocenters. The van der Waals surface area contributed by atoms with Crippen LogP contribution in [0.5, 0.6) is 5.75 Å². The SMILES string of the molecule is CN(C)c1ccc(CNCCC(=O)N2CCc3nc(SC4CCC4)n(-c4ccccc4O)c(=O)c3C2)cc1. The highest BCUT2D eigenvalue weighted by Gasteiger charge is 2.29. The minimum atomic E-state index is -0.199. The Morgan fingerprint density at radius 1 is 1.16 bits per heavy atom. The van der Waals surface area contributed by atoms with Crippen LogP contribution < -0.4 is 15.8 Å². The molecule has 38 heavy (non-hydrogen) atoms.